The fourth-order valence-corrected chi connectivity index (χ4v) is 3.78. The Balaban J connectivity index is 1.75. The molecular weight excluding hydrogens is 342 g/mol. The van der Waals surface area contributed by atoms with E-state index in [1.54, 1.807) is 12.4 Å². The molecule has 0 amide bonds. The van der Waals surface area contributed by atoms with Crippen LogP contribution < -0.4 is 0 Å². The number of aromatic nitrogens is 4. The van der Waals surface area contributed by atoms with Crippen molar-refractivity contribution in [2.75, 3.05) is 6.26 Å². The normalized spacial score (nSPS) is 30.8. The third-order valence-corrected chi connectivity index (χ3v) is 4.90. The quantitative estimate of drug-likeness (QED) is 0.467. The van der Waals surface area contributed by atoms with Gasteiger partial charge in [0.1, 0.15) is 35.2 Å². The molecule has 0 radical (unpaired) electrons. The number of thioether (sulfide) groups is 1. The van der Waals surface area contributed by atoms with Gasteiger partial charge in [-0.1, -0.05) is 0 Å². The number of allylic oxidation sites excluding steroid dienone is 1. The van der Waals surface area contributed by atoms with Crippen molar-refractivity contribution >= 4 is 22.9 Å². The van der Waals surface area contributed by atoms with Crippen molar-refractivity contribution in [3.8, 4) is 6.07 Å². The van der Waals surface area contributed by atoms with E-state index in [4.69, 9.17) is 19.5 Å². The number of ether oxygens (including phenoxy) is 3. The van der Waals surface area contributed by atoms with Gasteiger partial charge in [0.15, 0.2) is 17.7 Å². The lowest BCUT2D eigenvalue weighted by atomic mass is 10.1. The van der Waals surface area contributed by atoms with Crippen molar-refractivity contribution < 1.29 is 14.2 Å². The highest BCUT2D eigenvalue weighted by Gasteiger charge is 2.55. The predicted molar refractivity (Wildman–Crippen MR) is 89.6 cm³/mol. The first kappa shape index (κ1) is 16.5. The van der Waals surface area contributed by atoms with Gasteiger partial charge in [-0.05, 0) is 26.2 Å². The number of imidazole rings is 1. The molecule has 4 atom stereocenters. The molecule has 2 aromatic rings. The number of hydrogen-bond donors (Lipinski definition) is 0. The van der Waals surface area contributed by atoms with Crippen molar-refractivity contribution in [3.05, 3.63) is 24.8 Å². The summed E-state index contributed by atoms with van der Waals surface area (Å²) in [4.78, 5) is 13.0. The molecular formula is C16H17N5O3S. The summed E-state index contributed by atoms with van der Waals surface area (Å²) in [6.45, 7) is 3.74. The minimum Gasteiger partial charge on any atom is -0.345 e. The fourth-order valence-electron chi connectivity index (χ4n) is 3.29. The fraction of sp³-hybridized carbons (Fsp3) is 0.500. The monoisotopic (exact) mass is 359 g/mol. The predicted octanol–water partition coefficient (Wildman–Crippen LogP) is 2.05. The van der Waals surface area contributed by atoms with E-state index in [0.717, 1.165) is 10.5 Å². The lowest BCUT2D eigenvalue weighted by Crippen LogP contribution is -2.28. The van der Waals surface area contributed by atoms with E-state index >= 15 is 0 Å². The van der Waals surface area contributed by atoms with Crippen LogP contribution >= 0.6 is 11.8 Å². The highest BCUT2D eigenvalue weighted by Crippen LogP contribution is 2.44. The van der Waals surface area contributed by atoms with Crippen LogP contribution in [-0.4, -0.2) is 49.9 Å². The van der Waals surface area contributed by atoms with Crippen LogP contribution in [0.3, 0.4) is 0 Å². The Hall–Kier alpha value is -1.99. The maximum Gasteiger partial charge on any atom is 0.166 e. The average molecular weight is 359 g/mol. The maximum atomic E-state index is 8.82. The summed E-state index contributed by atoms with van der Waals surface area (Å²) in [7, 11) is 0. The number of fused-ring (bicyclic) bond motifs is 2. The molecule has 0 N–H and O–H groups in total. The van der Waals surface area contributed by atoms with Crippen molar-refractivity contribution in [3.63, 3.8) is 0 Å². The maximum absolute atomic E-state index is 8.82. The van der Waals surface area contributed by atoms with E-state index in [2.05, 4.69) is 15.0 Å². The second kappa shape index (κ2) is 6.07. The Labute approximate surface area is 148 Å². The van der Waals surface area contributed by atoms with Crippen LogP contribution in [-0.2, 0) is 14.2 Å². The van der Waals surface area contributed by atoms with Gasteiger partial charge in [-0.25, -0.2) is 15.0 Å². The molecule has 2 saturated heterocycles. The molecule has 0 saturated carbocycles. The van der Waals surface area contributed by atoms with E-state index in [0.29, 0.717) is 5.65 Å². The molecule has 0 aromatic carbocycles. The SMILES string of the molecule is CSc1ncnc2c1ncn2[C@@H]1O[C@H](/C=C/C#N)[C@H]2OC(C)(C)O[C@H]21. The van der Waals surface area contributed by atoms with Crippen LogP contribution in [0.4, 0.5) is 0 Å². The van der Waals surface area contributed by atoms with Crippen molar-refractivity contribution in [2.45, 2.75) is 49.2 Å². The van der Waals surface area contributed by atoms with E-state index in [9.17, 15) is 0 Å². The molecule has 0 spiro atoms. The molecule has 2 aromatic heterocycles. The molecule has 4 rings (SSSR count). The van der Waals surface area contributed by atoms with Crippen LogP contribution in [0.5, 0.6) is 0 Å². The summed E-state index contributed by atoms with van der Waals surface area (Å²) < 4.78 is 20.0. The lowest BCUT2D eigenvalue weighted by Gasteiger charge is -2.23. The Morgan fingerprint density at radius 3 is 2.84 bits per heavy atom. The van der Waals surface area contributed by atoms with Gasteiger partial charge >= 0.3 is 0 Å². The number of nitriles is 1. The Morgan fingerprint density at radius 2 is 2.08 bits per heavy atom. The first-order chi connectivity index (χ1) is 12.0. The van der Waals surface area contributed by atoms with Crippen LogP contribution in [0.15, 0.2) is 29.8 Å². The minimum absolute atomic E-state index is 0.302. The largest absolute Gasteiger partial charge is 0.345 e. The summed E-state index contributed by atoms with van der Waals surface area (Å²) in [5.41, 5.74) is 1.41. The van der Waals surface area contributed by atoms with Gasteiger partial charge in [0, 0.05) is 6.08 Å². The minimum atomic E-state index is -0.716. The second-order valence-corrected chi connectivity index (χ2v) is 7.05. The first-order valence-electron chi connectivity index (χ1n) is 7.83. The molecule has 2 aliphatic heterocycles. The van der Waals surface area contributed by atoms with Gasteiger partial charge in [-0.3, -0.25) is 4.57 Å². The van der Waals surface area contributed by atoms with Gasteiger partial charge in [0.2, 0.25) is 0 Å². The molecule has 8 nitrogen and oxygen atoms in total. The molecule has 25 heavy (non-hydrogen) atoms. The molecule has 9 heteroatoms. The highest BCUT2D eigenvalue weighted by atomic mass is 32.2. The summed E-state index contributed by atoms with van der Waals surface area (Å²) in [6, 6.07) is 1.99. The Kier molecular flexibility index (Phi) is 4.00. The molecule has 4 heterocycles. The van der Waals surface area contributed by atoms with E-state index in [1.165, 1.54) is 24.2 Å². The zero-order valence-corrected chi connectivity index (χ0v) is 14.8. The van der Waals surface area contributed by atoms with Crippen LogP contribution in [0.25, 0.3) is 11.2 Å². The molecule has 2 aliphatic rings. The van der Waals surface area contributed by atoms with Crippen molar-refractivity contribution in [1.82, 2.24) is 19.5 Å². The third-order valence-electron chi connectivity index (χ3n) is 4.22. The van der Waals surface area contributed by atoms with Gasteiger partial charge in [-0.2, -0.15) is 5.26 Å². The number of hydrogen-bond acceptors (Lipinski definition) is 8. The third kappa shape index (κ3) is 2.71. The van der Waals surface area contributed by atoms with E-state index < -0.39 is 12.0 Å². The standard InChI is InChI=1S/C16H17N5O3S/c1-16(2)23-11-9(5-4-6-17)22-15(12(11)24-16)21-8-20-10-13(21)18-7-19-14(10)25-3/h4-5,7-9,11-12,15H,1-3H3/b5-4+/t9-,11-,12-,15-/m1/s1. The van der Waals surface area contributed by atoms with Gasteiger partial charge in [-0.15, -0.1) is 11.8 Å². The Bertz CT molecular complexity index is 874. The average Bonchev–Trinajstić information content (AvgIpc) is 3.23. The second-order valence-electron chi connectivity index (χ2n) is 6.25. The van der Waals surface area contributed by atoms with Crippen LogP contribution in [0, 0.1) is 11.3 Å². The molecule has 0 aliphatic carbocycles. The smallest absolute Gasteiger partial charge is 0.166 e. The zero-order valence-electron chi connectivity index (χ0n) is 14.0. The molecule has 2 fully saturated rings. The number of nitrogens with zero attached hydrogens (tertiary/aromatic N) is 5. The molecule has 0 bridgehead atoms. The first-order valence-corrected chi connectivity index (χ1v) is 9.05. The van der Waals surface area contributed by atoms with Crippen molar-refractivity contribution in [2.24, 2.45) is 0 Å². The zero-order chi connectivity index (χ0) is 17.6. The van der Waals surface area contributed by atoms with Crippen molar-refractivity contribution in [1.29, 1.82) is 5.26 Å². The van der Waals surface area contributed by atoms with Crippen LogP contribution in [0.2, 0.25) is 0 Å². The van der Waals surface area contributed by atoms with Gasteiger partial charge in [0.05, 0.1) is 12.4 Å². The lowest BCUT2D eigenvalue weighted by molar-refractivity contribution is -0.191. The van der Waals surface area contributed by atoms with E-state index in [-0.39, 0.29) is 18.3 Å². The van der Waals surface area contributed by atoms with E-state index in [1.807, 2.05) is 30.7 Å². The van der Waals surface area contributed by atoms with Gasteiger partial charge in [0.25, 0.3) is 0 Å². The summed E-state index contributed by atoms with van der Waals surface area (Å²) in [5.74, 6) is -0.716. The van der Waals surface area contributed by atoms with Gasteiger partial charge < -0.3 is 14.2 Å². The topological polar surface area (TPSA) is 95.1 Å². The molecule has 0 unspecified atom stereocenters. The summed E-state index contributed by atoms with van der Waals surface area (Å²) in [6.07, 6.45) is 6.79. The summed E-state index contributed by atoms with van der Waals surface area (Å²) in [5, 5.41) is 9.63. The Morgan fingerprint density at radius 1 is 1.28 bits per heavy atom. The molecule has 130 valence electrons. The summed E-state index contributed by atoms with van der Waals surface area (Å²) >= 11 is 1.51. The highest BCUT2D eigenvalue weighted by molar-refractivity contribution is 7.98. The number of rotatable bonds is 3. The van der Waals surface area contributed by atoms with Crippen LogP contribution in [0.1, 0.15) is 20.1 Å².